The van der Waals surface area contributed by atoms with Crippen molar-refractivity contribution in [3.8, 4) is 0 Å². The molecular weight excluding hydrogens is 252 g/mol. The molecule has 4 nitrogen and oxygen atoms in total. The Morgan fingerprint density at radius 2 is 2.25 bits per heavy atom. The largest absolute Gasteiger partial charge is 0.375 e. The molecule has 3 rings (SSSR count). The molecule has 1 amide bonds. The smallest absolute Gasteiger partial charge is 0.223 e. The summed E-state index contributed by atoms with van der Waals surface area (Å²) in [5.74, 6) is 0.237. The first kappa shape index (κ1) is 13.6. The van der Waals surface area contributed by atoms with Gasteiger partial charge in [0.2, 0.25) is 5.91 Å². The minimum absolute atomic E-state index is 0.0234. The molecule has 2 aliphatic rings. The molecule has 3 heterocycles. The van der Waals surface area contributed by atoms with Gasteiger partial charge in [0, 0.05) is 25.3 Å². The van der Waals surface area contributed by atoms with Crippen LogP contribution in [0.15, 0.2) is 18.2 Å². The molecule has 0 aromatic carbocycles. The van der Waals surface area contributed by atoms with Gasteiger partial charge in [0.15, 0.2) is 0 Å². The van der Waals surface area contributed by atoms with E-state index in [0.29, 0.717) is 13.0 Å². The Hall–Kier alpha value is -1.42. The fraction of sp³-hybridized carbons (Fsp3) is 0.625. The summed E-state index contributed by atoms with van der Waals surface area (Å²) in [6, 6.07) is 5.98. The van der Waals surface area contributed by atoms with Crippen LogP contribution in [-0.4, -0.2) is 34.5 Å². The number of aromatic nitrogens is 1. The first-order chi connectivity index (χ1) is 9.67. The highest BCUT2D eigenvalue weighted by Crippen LogP contribution is 2.36. The summed E-state index contributed by atoms with van der Waals surface area (Å²) in [4.78, 5) is 18.7. The number of hydrogen-bond acceptors (Lipinski definition) is 3. The van der Waals surface area contributed by atoms with Gasteiger partial charge in [-0.1, -0.05) is 6.07 Å². The molecule has 0 aliphatic carbocycles. The molecule has 1 spiro atoms. The maximum atomic E-state index is 12.3. The lowest BCUT2D eigenvalue weighted by Crippen LogP contribution is -2.32. The molecule has 0 bridgehead atoms. The lowest BCUT2D eigenvalue weighted by atomic mass is 9.92. The number of pyridine rings is 1. The monoisotopic (exact) mass is 274 g/mol. The van der Waals surface area contributed by atoms with E-state index in [0.717, 1.165) is 50.2 Å². The first-order valence-electron chi connectivity index (χ1n) is 7.51. The highest BCUT2D eigenvalue weighted by atomic mass is 16.5. The van der Waals surface area contributed by atoms with Gasteiger partial charge < -0.3 is 9.64 Å². The topological polar surface area (TPSA) is 42.4 Å². The van der Waals surface area contributed by atoms with Crippen molar-refractivity contribution in [2.24, 2.45) is 0 Å². The highest BCUT2D eigenvalue weighted by molar-refractivity contribution is 5.76. The average molecular weight is 274 g/mol. The summed E-state index contributed by atoms with van der Waals surface area (Å²) >= 11 is 0. The van der Waals surface area contributed by atoms with Crippen LogP contribution >= 0.6 is 0 Å². The van der Waals surface area contributed by atoms with Crippen LogP contribution in [0, 0.1) is 6.92 Å². The molecule has 1 unspecified atom stereocenters. The molecule has 0 N–H and O–H groups in total. The number of aryl methyl sites for hydroxylation is 1. The minimum Gasteiger partial charge on any atom is -0.375 e. The molecule has 2 saturated heterocycles. The van der Waals surface area contributed by atoms with E-state index in [1.165, 1.54) is 0 Å². The fourth-order valence-corrected chi connectivity index (χ4v) is 3.28. The van der Waals surface area contributed by atoms with Crippen LogP contribution in [0.3, 0.4) is 0 Å². The molecule has 0 saturated carbocycles. The van der Waals surface area contributed by atoms with Crippen LogP contribution in [-0.2, 0) is 16.1 Å². The zero-order chi connectivity index (χ0) is 14.0. The lowest BCUT2D eigenvalue weighted by Gasteiger charge is -2.26. The Labute approximate surface area is 120 Å². The second-order valence-electron chi connectivity index (χ2n) is 5.97. The third kappa shape index (κ3) is 2.85. The van der Waals surface area contributed by atoms with E-state index in [2.05, 4.69) is 4.98 Å². The zero-order valence-electron chi connectivity index (χ0n) is 12.1. The van der Waals surface area contributed by atoms with Gasteiger partial charge in [-0.2, -0.15) is 0 Å². The van der Waals surface area contributed by atoms with E-state index in [1.54, 1.807) is 0 Å². The predicted octanol–water partition coefficient (Wildman–Crippen LogP) is 2.45. The average Bonchev–Trinajstić information content (AvgIpc) is 2.84. The van der Waals surface area contributed by atoms with Gasteiger partial charge in [-0.25, -0.2) is 0 Å². The van der Waals surface area contributed by atoms with Crippen molar-refractivity contribution in [1.82, 2.24) is 9.88 Å². The van der Waals surface area contributed by atoms with Gasteiger partial charge in [0.1, 0.15) is 0 Å². The normalized spacial score (nSPS) is 27.1. The molecular formula is C16H22N2O2. The van der Waals surface area contributed by atoms with E-state index < -0.39 is 0 Å². The Balaban J connectivity index is 1.69. The second kappa shape index (κ2) is 5.52. The van der Waals surface area contributed by atoms with E-state index in [-0.39, 0.29) is 11.5 Å². The lowest BCUT2D eigenvalue weighted by molar-refractivity contribution is -0.131. The Kier molecular flexibility index (Phi) is 3.74. The van der Waals surface area contributed by atoms with Crippen molar-refractivity contribution in [2.75, 3.05) is 13.2 Å². The van der Waals surface area contributed by atoms with Crippen LogP contribution in [0.2, 0.25) is 0 Å². The molecule has 20 heavy (non-hydrogen) atoms. The van der Waals surface area contributed by atoms with Gasteiger partial charge >= 0.3 is 0 Å². The van der Waals surface area contributed by atoms with Crippen molar-refractivity contribution >= 4 is 5.91 Å². The number of hydrogen-bond donors (Lipinski definition) is 0. The van der Waals surface area contributed by atoms with E-state index in [1.807, 2.05) is 30.0 Å². The molecule has 4 heteroatoms. The molecule has 1 aromatic rings. The number of amides is 1. The summed E-state index contributed by atoms with van der Waals surface area (Å²) in [5, 5.41) is 0. The van der Waals surface area contributed by atoms with Gasteiger partial charge in [-0.15, -0.1) is 0 Å². The molecule has 0 radical (unpaired) electrons. The van der Waals surface area contributed by atoms with Crippen LogP contribution in [0.4, 0.5) is 0 Å². The molecule has 108 valence electrons. The van der Waals surface area contributed by atoms with Gasteiger partial charge in [0.25, 0.3) is 0 Å². The number of likely N-dealkylation sites (tertiary alicyclic amines) is 1. The van der Waals surface area contributed by atoms with E-state index in [9.17, 15) is 4.79 Å². The van der Waals surface area contributed by atoms with Crippen LogP contribution in [0.1, 0.15) is 43.5 Å². The summed E-state index contributed by atoms with van der Waals surface area (Å²) in [7, 11) is 0. The third-order valence-electron chi connectivity index (χ3n) is 4.47. The quantitative estimate of drug-likeness (QED) is 0.832. The van der Waals surface area contributed by atoms with Crippen molar-refractivity contribution in [1.29, 1.82) is 0 Å². The number of rotatable bonds is 2. The Morgan fingerprint density at radius 3 is 3.00 bits per heavy atom. The summed E-state index contributed by atoms with van der Waals surface area (Å²) < 4.78 is 5.93. The van der Waals surface area contributed by atoms with Crippen molar-refractivity contribution in [3.63, 3.8) is 0 Å². The van der Waals surface area contributed by atoms with Crippen LogP contribution in [0.25, 0.3) is 0 Å². The second-order valence-corrected chi connectivity index (χ2v) is 5.97. The summed E-state index contributed by atoms with van der Waals surface area (Å²) in [6.45, 7) is 4.24. The molecule has 2 fully saturated rings. The number of carbonyl (C=O) groups excluding carboxylic acids is 1. The predicted molar refractivity (Wildman–Crippen MR) is 76.2 cm³/mol. The Morgan fingerprint density at radius 1 is 1.35 bits per heavy atom. The Bertz CT molecular complexity index is 495. The van der Waals surface area contributed by atoms with Gasteiger partial charge in [0.05, 0.1) is 17.8 Å². The maximum absolute atomic E-state index is 12.3. The standard InChI is InChI=1S/C16H22N2O2/c1-13-4-2-5-14(17-13)12-18-10-9-16(7-3-11-20-16)8-6-15(18)19/h2,4-5H,3,6-12H2,1H3. The molecule has 1 atom stereocenters. The molecule has 1 aromatic heterocycles. The van der Waals surface area contributed by atoms with Gasteiger partial charge in [-0.3, -0.25) is 9.78 Å². The maximum Gasteiger partial charge on any atom is 0.223 e. The molecule has 2 aliphatic heterocycles. The van der Waals surface area contributed by atoms with Crippen molar-refractivity contribution in [3.05, 3.63) is 29.6 Å². The zero-order valence-corrected chi connectivity index (χ0v) is 12.1. The summed E-state index contributed by atoms with van der Waals surface area (Å²) in [6.07, 6.45) is 4.68. The number of carbonyl (C=O) groups is 1. The van der Waals surface area contributed by atoms with Crippen LogP contribution in [0.5, 0.6) is 0 Å². The van der Waals surface area contributed by atoms with Crippen LogP contribution < -0.4 is 0 Å². The third-order valence-corrected chi connectivity index (χ3v) is 4.47. The SMILES string of the molecule is Cc1cccc(CN2CCC3(CCCO3)CCC2=O)n1. The summed E-state index contributed by atoms with van der Waals surface area (Å²) in [5.41, 5.74) is 1.95. The van der Waals surface area contributed by atoms with E-state index >= 15 is 0 Å². The number of ether oxygens (including phenoxy) is 1. The van der Waals surface area contributed by atoms with Crippen molar-refractivity contribution in [2.45, 2.75) is 51.2 Å². The minimum atomic E-state index is -0.0234. The van der Waals surface area contributed by atoms with Crippen molar-refractivity contribution < 1.29 is 9.53 Å². The van der Waals surface area contributed by atoms with E-state index in [4.69, 9.17) is 4.74 Å². The number of nitrogens with zero attached hydrogens (tertiary/aromatic N) is 2. The first-order valence-corrected chi connectivity index (χ1v) is 7.51. The fourth-order valence-electron chi connectivity index (χ4n) is 3.28. The highest BCUT2D eigenvalue weighted by Gasteiger charge is 2.38. The van der Waals surface area contributed by atoms with Gasteiger partial charge in [-0.05, 0) is 44.7 Å².